The molecule has 1 fully saturated rings. The number of hydrogen-bond donors (Lipinski definition) is 0. The van der Waals surface area contributed by atoms with Crippen molar-refractivity contribution in [2.24, 2.45) is 0 Å². The average Bonchev–Trinajstić information content (AvgIpc) is 3.33. The van der Waals surface area contributed by atoms with Gasteiger partial charge in [-0.1, -0.05) is 37.3 Å². The molecule has 1 spiro atoms. The summed E-state index contributed by atoms with van der Waals surface area (Å²) in [6, 6.07) is 15.1. The molecule has 9 heteroatoms. The second-order valence-electron chi connectivity index (χ2n) is 10.4. The maximum atomic E-state index is 13.8. The molecule has 2 aliphatic heterocycles. The SMILES string of the molecule is Cc1ccc(S(=O)(=O)N2CCC3(C2)C(=O)N(COCC[Si](C)(C)C)c2ccc(C#N)cc23)cc1. The molecule has 0 radical (unpaired) electrons. The van der Waals surface area contributed by atoms with Crippen molar-refractivity contribution < 1.29 is 17.9 Å². The van der Waals surface area contributed by atoms with E-state index in [4.69, 9.17) is 4.74 Å². The summed E-state index contributed by atoms with van der Waals surface area (Å²) in [7, 11) is -5.02. The van der Waals surface area contributed by atoms with Crippen molar-refractivity contribution in [3.05, 3.63) is 59.2 Å². The van der Waals surface area contributed by atoms with Crippen LogP contribution in [-0.2, 0) is 25.0 Å². The number of ether oxygens (including phenoxy) is 1. The largest absolute Gasteiger partial charge is 0.361 e. The number of nitrogens with zero attached hydrogens (tertiary/aromatic N) is 3. The average molecular weight is 498 g/mol. The summed E-state index contributed by atoms with van der Waals surface area (Å²) >= 11 is 0. The van der Waals surface area contributed by atoms with Crippen LogP contribution in [0, 0.1) is 18.3 Å². The van der Waals surface area contributed by atoms with Crippen LogP contribution in [0.1, 0.15) is 23.1 Å². The molecular formula is C25H31N3O4SSi. The highest BCUT2D eigenvalue weighted by atomic mass is 32.2. The molecule has 0 N–H and O–H groups in total. The lowest BCUT2D eigenvalue weighted by Crippen LogP contribution is -2.44. The molecule has 0 bridgehead atoms. The number of benzene rings is 2. The van der Waals surface area contributed by atoms with Crippen molar-refractivity contribution >= 4 is 29.7 Å². The molecule has 4 rings (SSSR count). The molecule has 2 aliphatic rings. The smallest absolute Gasteiger partial charge is 0.243 e. The van der Waals surface area contributed by atoms with Crippen LogP contribution in [0.2, 0.25) is 25.7 Å². The van der Waals surface area contributed by atoms with Gasteiger partial charge in [-0.2, -0.15) is 9.57 Å². The van der Waals surface area contributed by atoms with Gasteiger partial charge < -0.3 is 4.74 Å². The zero-order valence-electron chi connectivity index (χ0n) is 20.2. The Morgan fingerprint density at radius 3 is 2.50 bits per heavy atom. The Kier molecular flexibility index (Phi) is 6.46. The summed E-state index contributed by atoms with van der Waals surface area (Å²) < 4.78 is 34.0. The summed E-state index contributed by atoms with van der Waals surface area (Å²) in [4.78, 5) is 15.6. The molecule has 2 heterocycles. The molecule has 1 atom stereocenters. The molecule has 1 amide bonds. The number of carbonyl (C=O) groups is 1. The number of hydrogen-bond acceptors (Lipinski definition) is 5. The Morgan fingerprint density at radius 1 is 1.15 bits per heavy atom. The lowest BCUT2D eigenvalue weighted by atomic mass is 9.80. The van der Waals surface area contributed by atoms with E-state index in [1.54, 1.807) is 47.4 Å². The molecule has 1 unspecified atom stereocenters. The van der Waals surface area contributed by atoms with Gasteiger partial charge in [-0.15, -0.1) is 0 Å². The van der Waals surface area contributed by atoms with Crippen molar-refractivity contribution in [1.29, 1.82) is 5.26 Å². The van der Waals surface area contributed by atoms with E-state index in [1.807, 2.05) is 6.92 Å². The number of carbonyl (C=O) groups excluding carboxylic acids is 1. The van der Waals surface area contributed by atoms with Gasteiger partial charge in [0.15, 0.2) is 0 Å². The third-order valence-electron chi connectivity index (χ3n) is 6.70. The molecule has 180 valence electrons. The van der Waals surface area contributed by atoms with Crippen molar-refractivity contribution in [3.63, 3.8) is 0 Å². The molecule has 2 aromatic carbocycles. The first kappa shape index (κ1) is 24.6. The Labute approximate surface area is 203 Å². The van der Waals surface area contributed by atoms with Crippen LogP contribution in [-0.4, -0.2) is 53.1 Å². The molecular weight excluding hydrogens is 466 g/mol. The molecule has 0 aromatic heterocycles. The number of rotatable bonds is 7. The Balaban J connectivity index is 1.63. The number of anilines is 1. The van der Waals surface area contributed by atoms with Gasteiger partial charge in [0.05, 0.1) is 27.6 Å². The van der Waals surface area contributed by atoms with Crippen LogP contribution in [0.15, 0.2) is 47.4 Å². The van der Waals surface area contributed by atoms with E-state index in [9.17, 15) is 18.5 Å². The van der Waals surface area contributed by atoms with Crippen molar-refractivity contribution in [3.8, 4) is 6.07 Å². The normalized spacial score (nSPS) is 20.7. The minimum atomic E-state index is -3.74. The van der Waals surface area contributed by atoms with E-state index < -0.39 is 23.5 Å². The first-order chi connectivity index (χ1) is 16.0. The first-order valence-electron chi connectivity index (χ1n) is 11.5. The topological polar surface area (TPSA) is 90.7 Å². The van der Waals surface area contributed by atoms with Gasteiger partial charge in [-0.3, -0.25) is 9.69 Å². The Hall–Kier alpha value is -2.51. The van der Waals surface area contributed by atoms with Crippen LogP contribution < -0.4 is 4.90 Å². The van der Waals surface area contributed by atoms with Gasteiger partial charge in [-0.05, 0) is 55.3 Å². The van der Waals surface area contributed by atoms with E-state index in [2.05, 4.69) is 25.7 Å². The van der Waals surface area contributed by atoms with Crippen LogP contribution in [0.3, 0.4) is 0 Å². The lowest BCUT2D eigenvalue weighted by Gasteiger charge is -2.25. The van der Waals surface area contributed by atoms with Crippen molar-refractivity contribution in [2.45, 2.75) is 49.3 Å². The standard InChI is InChI=1S/C25H31N3O4SSi/c1-19-5-8-21(9-6-19)33(30,31)27-12-11-25(17-27)22-15-20(16-26)7-10-23(22)28(24(25)29)18-32-13-14-34(2,3)4/h5-10,15H,11-14,17-18H2,1-4H3. The van der Waals surface area contributed by atoms with Crippen LogP contribution in [0.25, 0.3) is 0 Å². The van der Waals surface area contributed by atoms with E-state index in [0.29, 0.717) is 29.8 Å². The van der Waals surface area contributed by atoms with Gasteiger partial charge in [0.2, 0.25) is 15.9 Å². The van der Waals surface area contributed by atoms with E-state index in [-0.39, 0.29) is 30.6 Å². The molecule has 1 saturated heterocycles. The molecule has 0 aliphatic carbocycles. The third-order valence-corrected chi connectivity index (χ3v) is 10.3. The van der Waals surface area contributed by atoms with Crippen molar-refractivity contribution in [2.75, 3.05) is 31.3 Å². The summed E-state index contributed by atoms with van der Waals surface area (Å²) in [6.07, 6.45) is 0.365. The molecule has 0 saturated carbocycles. The first-order valence-corrected chi connectivity index (χ1v) is 16.6. The minimum Gasteiger partial charge on any atom is -0.361 e. The number of aryl methyl sites for hydroxylation is 1. The van der Waals surface area contributed by atoms with E-state index >= 15 is 0 Å². The predicted octanol–water partition coefficient (Wildman–Crippen LogP) is 3.86. The lowest BCUT2D eigenvalue weighted by molar-refractivity contribution is -0.123. The fraction of sp³-hybridized carbons (Fsp3) is 0.440. The summed E-state index contributed by atoms with van der Waals surface area (Å²) in [5.41, 5.74) is 1.83. The van der Waals surface area contributed by atoms with Gasteiger partial charge in [-0.25, -0.2) is 8.42 Å². The highest BCUT2D eigenvalue weighted by Gasteiger charge is 2.56. The number of amides is 1. The number of sulfonamides is 1. The van der Waals surface area contributed by atoms with Crippen molar-refractivity contribution in [1.82, 2.24) is 4.31 Å². The van der Waals surface area contributed by atoms with Crippen LogP contribution in [0.5, 0.6) is 0 Å². The van der Waals surface area contributed by atoms with Gasteiger partial charge >= 0.3 is 0 Å². The van der Waals surface area contributed by atoms with E-state index in [1.165, 1.54) is 4.31 Å². The summed E-state index contributed by atoms with van der Waals surface area (Å²) in [6.45, 7) is 9.70. The van der Waals surface area contributed by atoms with Crippen LogP contribution in [0.4, 0.5) is 5.69 Å². The highest BCUT2D eigenvalue weighted by Crippen LogP contribution is 2.48. The minimum absolute atomic E-state index is 0.0509. The zero-order valence-corrected chi connectivity index (χ0v) is 22.0. The zero-order chi connectivity index (χ0) is 24.7. The fourth-order valence-corrected chi connectivity index (χ4v) is 6.86. The summed E-state index contributed by atoms with van der Waals surface area (Å²) in [5.74, 6) is -0.160. The number of nitriles is 1. The second kappa shape index (κ2) is 8.93. The molecule has 7 nitrogen and oxygen atoms in total. The number of fused-ring (bicyclic) bond motifs is 2. The van der Waals surface area contributed by atoms with Gasteiger partial charge in [0.25, 0.3) is 0 Å². The van der Waals surface area contributed by atoms with Gasteiger partial charge in [0, 0.05) is 27.8 Å². The molecule has 2 aromatic rings. The maximum Gasteiger partial charge on any atom is 0.243 e. The molecule has 34 heavy (non-hydrogen) atoms. The quantitative estimate of drug-likeness (QED) is 0.428. The fourth-order valence-electron chi connectivity index (χ4n) is 4.60. The second-order valence-corrected chi connectivity index (χ2v) is 18.0. The third kappa shape index (κ3) is 4.43. The van der Waals surface area contributed by atoms with Gasteiger partial charge in [0.1, 0.15) is 6.73 Å². The predicted molar refractivity (Wildman–Crippen MR) is 134 cm³/mol. The van der Waals surface area contributed by atoms with E-state index in [0.717, 1.165) is 11.6 Å². The summed E-state index contributed by atoms with van der Waals surface area (Å²) in [5, 5.41) is 9.46. The van der Waals surface area contributed by atoms with Crippen LogP contribution >= 0.6 is 0 Å². The highest BCUT2D eigenvalue weighted by molar-refractivity contribution is 7.89. The Morgan fingerprint density at radius 2 is 1.85 bits per heavy atom. The maximum absolute atomic E-state index is 13.8. The Bertz CT molecular complexity index is 1250. The monoisotopic (exact) mass is 497 g/mol.